The first kappa shape index (κ1) is 22.7. The Morgan fingerprint density at radius 3 is 1.09 bits per heavy atom. The lowest BCUT2D eigenvalue weighted by molar-refractivity contribution is -0.138. The van der Waals surface area contributed by atoms with Gasteiger partial charge in [-0.15, -0.1) is 0 Å². The van der Waals surface area contributed by atoms with Crippen LogP contribution in [0.15, 0.2) is 0 Å². The van der Waals surface area contributed by atoms with Crippen LogP contribution < -0.4 is 0 Å². The molecule has 0 unspecified atom stereocenters. The lowest BCUT2D eigenvalue weighted by Crippen LogP contribution is -1.95. The average molecular weight is 318 g/mol. The summed E-state index contributed by atoms with van der Waals surface area (Å²) in [6, 6.07) is 0. The van der Waals surface area contributed by atoms with Gasteiger partial charge in [0.05, 0.1) is 0 Å². The fraction of sp³-hybridized carbons (Fsp3) is 0.812. The van der Waals surface area contributed by atoms with Crippen LogP contribution in [0, 0.1) is 0 Å². The minimum absolute atomic E-state index is 0.221. The Bertz CT molecular complexity index is 283. The van der Waals surface area contributed by atoms with Gasteiger partial charge in [0.25, 0.3) is 0 Å². The summed E-state index contributed by atoms with van der Waals surface area (Å²) in [4.78, 5) is 30.2. The Hall–Kier alpha value is -1.59. The molecule has 6 heteroatoms. The van der Waals surface area contributed by atoms with Crippen LogP contribution in [-0.4, -0.2) is 33.2 Å². The molecule has 0 spiro atoms. The van der Waals surface area contributed by atoms with Gasteiger partial charge < -0.3 is 15.3 Å². The molecule has 0 fully saturated rings. The summed E-state index contributed by atoms with van der Waals surface area (Å²) in [6.07, 6.45) is 9.08. The van der Waals surface area contributed by atoms with Crippen molar-refractivity contribution in [1.82, 2.24) is 0 Å². The normalized spacial score (nSPS) is 9.68. The van der Waals surface area contributed by atoms with Crippen LogP contribution >= 0.6 is 0 Å². The van der Waals surface area contributed by atoms with E-state index >= 15 is 0 Å². The van der Waals surface area contributed by atoms with Crippen molar-refractivity contribution in [2.45, 2.75) is 84.0 Å². The van der Waals surface area contributed by atoms with Crippen molar-refractivity contribution in [1.29, 1.82) is 0 Å². The Balaban J connectivity index is 0. The summed E-state index contributed by atoms with van der Waals surface area (Å²) >= 11 is 0. The largest absolute Gasteiger partial charge is 0.481 e. The lowest BCUT2D eigenvalue weighted by Gasteiger charge is -1.97. The van der Waals surface area contributed by atoms with Crippen molar-refractivity contribution in [2.75, 3.05) is 0 Å². The molecule has 6 nitrogen and oxygen atoms in total. The van der Waals surface area contributed by atoms with Gasteiger partial charge in [0.1, 0.15) is 0 Å². The van der Waals surface area contributed by atoms with E-state index in [-0.39, 0.29) is 12.8 Å². The van der Waals surface area contributed by atoms with Crippen LogP contribution in [0.2, 0.25) is 0 Å². The number of carboxylic acids is 3. The number of rotatable bonds is 13. The van der Waals surface area contributed by atoms with E-state index in [0.29, 0.717) is 19.3 Å². The highest BCUT2D eigenvalue weighted by Gasteiger charge is 1.98. The highest BCUT2D eigenvalue weighted by molar-refractivity contribution is 5.67. The second kappa shape index (κ2) is 17.5. The van der Waals surface area contributed by atoms with E-state index in [2.05, 4.69) is 6.92 Å². The predicted octanol–water partition coefficient (Wildman–Crippen LogP) is 3.93. The van der Waals surface area contributed by atoms with E-state index in [1.54, 1.807) is 0 Å². The minimum Gasteiger partial charge on any atom is -0.481 e. The van der Waals surface area contributed by atoms with E-state index in [1.807, 2.05) is 0 Å². The zero-order valence-corrected chi connectivity index (χ0v) is 13.6. The van der Waals surface area contributed by atoms with E-state index in [1.165, 1.54) is 6.42 Å². The van der Waals surface area contributed by atoms with Crippen molar-refractivity contribution in [3.63, 3.8) is 0 Å². The van der Waals surface area contributed by atoms with Gasteiger partial charge >= 0.3 is 17.9 Å². The molecule has 0 saturated heterocycles. The minimum atomic E-state index is -0.759. The van der Waals surface area contributed by atoms with E-state index in [0.717, 1.165) is 38.5 Å². The molecule has 0 saturated carbocycles. The maximum Gasteiger partial charge on any atom is 0.303 e. The molecule has 0 heterocycles. The van der Waals surface area contributed by atoms with Gasteiger partial charge in [-0.05, 0) is 19.3 Å². The third-order valence-electron chi connectivity index (χ3n) is 3.03. The first-order valence-corrected chi connectivity index (χ1v) is 8.05. The van der Waals surface area contributed by atoms with Crippen LogP contribution in [-0.2, 0) is 14.4 Å². The molecular formula is C16H30O6. The first-order chi connectivity index (χ1) is 10.4. The summed E-state index contributed by atoms with van der Waals surface area (Å²) in [5.41, 5.74) is 0. The van der Waals surface area contributed by atoms with Gasteiger partial charge in [-0.1, -0.05) is 45.4 Å². The molecule has 130 valence electrons. The summed E-state index contributed by atoms with van der Waals surface area (Å²) in [5, 5.41) is 24.8. The Morgan fingerprint density at radius 2 is 0.818 bits per heavy atom. The van der Waals surface area contributed by atoms with Crippen LogP contribution in [0.3, 0.4) is 0 Å². The van der Waals surface area contributed by atoms with Crippen molar-refractivity contribution in [3.8, 4) is 0 Å². The van der Waals surface area contributed by atoms with Gasteiger partial charge in [0, 0.05) is 19.3 Å². The summed E-state index contributed by atoms with van der Waals surface area (Å²) in [7, 11) is 0. The number of unbranched alkanes of at least 4 members (excludes halogenated alkanes) is 7. The van der Waals surface area contributed by atoms with Crippen LogP contribution in [0.5, 0.6) is 0 Å². The maximum absolute atomic E-state index is 10.1. The molecule has 0 bridgehead atoms. The molecule has 0 amide bonds. The van der Waals surface area contributed by atoms with Crippen LogP contribution in [0.1, 0.15) is 84.0 Å². The number of hydrogen-bond donors (Lipinski definition) is 3. The van der Waals surface area contributed by atoms with Gasteiger partial charge in [0.15, 0.2) is 0 Å². The van der Waals surface area contributed by atoms with Gasteiger partial charge in [-0.3, -0.25) is 14.4 Å². The Kier molecular flexibility index (Phi) is 18.0. The van der Waals surface area contributed by atoms with E-state index < -0.39 is 17.9 Å². The highest BCUT2D eigenvalue weighted by Crippen LogP contribution is 2.06. The molecule has 0 aliphatic heterocycles. The molecule has 3 N–H and O–H groups in total. The predicted molar refractivity (Wildman–Crippen MR) is 84.0 cm³/mol. The molecule has 0 atom stereocenters. The van der Waals surface area contributed by atoms with Crippen molar-refractivity contribution in [2.24, 2.45) is 0 Å². The number of aliphatic carboxylic acids is 3. The summed E-state index contributed by atoms with van der Waals surface area (Å²) in [6.45, 7) is 2.11. The molecule has 0 aromatic carbocycles. The fourth-order valence-electron chi connectivity index (χ4n) is 1.79. The third kappa shape index (κ3) is 26.9. The number of hydrogen-bond acceptors (Lipinski definition) is 3. The third-order valence-corrected chi connectivity index (χ3v) is 3.03. The van der Waals surface area contributed by atoms with Crippen molar-refractivity contribution >= 4 is 17.9 Å². The Morgan fingerprint density at radius 1 is 0.545 bits per heavy atom. The van der Waals surface area contributed by atoms with Crippen LogP contribution in [0.25, 0.3) is 0 Å². The number of carboxylic acid groups (broad SMARTS) is 3. The molecule has 0 rings (SSSR count). The highest BCUT2D eigenvalue weighted by atomic mass is 16.4. The van der Waals surface area contributed by atoms with Crippen molar-refractivity contribution < 1.29 is 29.7 Å². The summed E-state index contributed by atoms with van der Waals surface area (Å²) in [5.74, 6) is -2.19. The molecule has 0 radical (unpaired) electrons. The second-order valence-electron chi connectivity index (χ2n) is 5.26. The first-order valence-electron chi connectivity index (χ1n) is 8.05. The standard InChI is InChI=1S/C9H16O4.C7H14O2/c10-8(11)6-4-2-1-3-5-7-9(12)13;1-2-3-4-5-6-7(8)9/h1-7H2,(H,10,11)(H,12,13);2-6H2,1H3,(H,8,9). The van der Waals surface area contributed by atoms with Gasteiger partial charge in [-0.2, -0.15) is 0 Å². The Labute approximate surface area is 132 Å². The molecule has 0 aromatic rings. The monoisotopic (exact) mass is 318 g/mol. The van der Waals surface area contributed by atoms with E-state index in [9.17, 15) is 14.4 Å². The SMILES string of the molecule is CCCCCCC(=O)O.O=C(O)CCCCCCCC(=O)O. The zero-order chi connectivity index (χ0) is 17.2. The molecule has 0 aliphatic carbocycles. The topological polar surface area (TPSA) is 112 Å². The van der Waals surface area contributed by atoms with Gasteiger partial charge in [0.2, 0.25) is 0 Å². The average Bonchev–Trinajstić information content (AvgIpc) is 2.42. The molecule has 0 aliphatic rings. The van der Waals surface area contributed by atoms with Crippen molar-refractivity contribution in [3.05, 3.63) is 0 Å². The smallest absolute Gasteiger partial charge is 0.303 e. The fourth-order valence-corrected chi connectivity index (χ4v) is 1.79. The van der Waals surface area contributed by atoms with Crippen LogP contribution in [0.4, 0.5) is 0 Å². The molecule has 0 aromatic heterocycles. The number of carbonyl (C=O) groups is 3. The molecule has 22 heavy (non-hydrogen) atoms. The summed E-state index contributed by atoms with van der Waals surface area (Å²) < 4.78 is 0. The second-order valence-corrected chi connectivity index (χ2v) is 5.26. The molecular weight excluding hydrogens is 288 g/mol. The van der Waals surface area contributed by atoms with Gasteiger partial charge in [-0.25, -0.2) is 0 Å². The lowest BCUT2D eigenvalue weighted by atomic mass is 10.1. The quantitative estimate of drug-likeness (QED) is 0.444. The maximum atomic E-state index is 10.1. The zero-order valence-electron chi connectivity index (χ0n) is 13.6. The van der Waals surface area contributed by atoms with E-state index in [4.69, 9.17) is 15.3 Å².